The lowest BCUT2D eigenvalue weighted by atomic mass is 9.98. The second kappa shape index (κ2) is 12.5. The van der Waals surface area contributed by atoms with Crippen molar-refractivity contribution in [2.45, 2.75) is 26.3 Å². The first-order chi connectivity index (χ1) is 17.4. The van der Waals surface area contributed by atoms with E-state index in [2.05, 4.69) is 53.6 Å². The molecule has 1 fully saturated rings. The van der Waals surface area contributed by atoms with Crippen molar-refractivity contribution in [3.05, 3.63) is 52.8 Å². The molecular weight excluding hydrogens is 474 g/mol. The summed E-state index contributed by atoms with van der Waals surface area (Å²) in [6.45, 7) is 8.11. The molecule has 8 nitrogen and oxygen atoms in total. The zero-order valence-corrected chi connectivity index (χ0v) is 22.4. The van der Waals surface area contributed by atoms with Gasteiger partial charge < -0.3 is 20.4 Å². The maximum Gasteiger partial charge on any atom is 0.317 e. The van der Waals surface area contributed by atoms with Crippen LogP contribution in [0.15, 0.2) is 47.0 Å². The highest BCUT2D eigenvalue weighted by Gasteiger charge is 2.23. The number of para-hydroxylation sites is 1. The normalized spacial score (nSPS) is 18.8. The minimum atomic E-state index is -0.0376. The fourth-order valence-electron chi connectivity index (χ4n) is 4.58. The summed E-state index contributed by atoms with van der Waals surface area (Å²) in [7, 11) is 4.17. The number of allylic oxidation sites excluding steroid dienone is 2. The van der Waals surface area contributed by atoms with Crippen molar-refractivity contribution < 1.29 is 4.79 Å². The quantitative estimate of drug-likeness (QED) is 0.497. The molecule has 0 saturated carbocycles. The lowest BCUT2D eigenvalue weighted by molar-refractivity contribution is 0.134. The maximum absolute atomic E-state index is 12.7. The van der Waals surface area contributed by atoms with E-state index in [9.17, 15) is 4.79 Å². The number of hydrogen-bond donors (Lipinski definition) is 2. The minimum absolute atomic E-state index is 0.0376. The first kappa shape index (κ1) is 26.4. The van der Waals surface area contributed by atoms with Crippen LogP contribution in [-0.2, 0) is 6.54 Å². The van der Waals surface area contributed by atoms with Crippen LogP contribution in [0.2, 0.25) is 0 Å². The van der Waals surface area contributed by atoms with Crippen LogP contribution in [0.3, 0.4) is 0 Å². The molecule has 2 aromatic rings. The van der Waals surface area contributed by atoms with Crippen LogP contribution in [0.4, 0.5) is 10.6 Å². The van der Waals surface area contributed by atoms with Gasteiger partial charge in [-0.2, -0.15) is 0 Å². The molecule has 1 atom stereocenters. The first-order valence-corrected chi connectivity index (χ1v) is 13.2. The molecular formula is C27H38ClN7O. The Bertz CT molecular complexity index is 1110. The molecule has 2 N–H and O–H groups in total. The molecule has 1 saturated heterocycles. The molecule has 36 heavy (non-hydrogen) atoms. The molecule has 1 aromatic carbocycles. The van der Waals surface area contributed by atoms with Gasteiger partial charge in [0, 0.05) is 49.7 Å². The molecule has 1 aromatic heterocycles. The van der Waals surface area contributed by atoms with E-state index < -0.39 is 0 Å². The van der Waals surface area contributed by atoms with Gasteiger partial charge in [0.15, 0.2) is 0 Å². The first-order valence-electron chi connectivity index (χ1n) is 12.8. The van der Waals surface area contributed by atoms with Crippen molar-refractivity contribution in [3.8, 4) is 0 Å². The van der Waals surface area contributed by atoms with Gasteiger partial charge in [-0.3, -0.25) is 4.90 Å². The summed E-state index contributed by atoms with van der Waals surface area (Å²) in [6.07, 6.45) is 6.18. The highest BCUT2D eigenvalue weighted by Crippen LogP contribution is 2.25. The van der Waals surface area contributed by atoms with E-state index >= 15 is 0 Å². The number of urea groups is 1. The van der Waals surface area contributed by atoms with Gasteiger partial charge in [-0.15, -0.1) is 0 Å². The number of carbonyl (C=O) groups is 1. The fourth-order valence-corrected chi connectivity index (χ4v) is 4.80. The molecule has 2 aliphatic rings. The van der Waals surface area contributed by atoms with Crippen LogP contribution in [0.5, 0.6) is 0 Å². The average molecular weight is 512 g/mol. The molecule has 2 amide bonds. The van der Waals surface area contributed by atoms with Crippen molar-refractivity contribution >= 4 is 34.4 Å². The predicted octanol–water partition coefficient (Wildman–Crippen LogP) is 3.91. The molecule has 0 bridgehead atoms. The Labute approximate surface area is 219 Å². The summed E-state index contributed by atoms with van der Waals surface area (Å²) in [4.78, 5) is 28.8. The third-order valence-corrected chi connectivity index (χ3v) is 7.04. The number of piperazine rings is 1. The van der Waals surface area contributed by atoms with Crippen molar-refractivity contribution in [3.63, 3.8) is 0 Å². The molecule has 9 heteroatoms. The molecule has 0 radical (unpaired) electrons. The second-order valence-electron chi connectivity index (χ2n) is 9.97. The zero-order chi connectivity index (χ0) is 25.5. The third kappa shape index (κ3) is 7.18. The minimum Gasteiger partial charge on any atom is -0.369 e. The molecule has 194 valence electrons. The largest absolute Gasteiger partial charge is 0.369 e. The van der Waals surface area contributed by atoms with Crippen LogP contribution in [0.25, 0.3) is 10.9 Å². The number of aromatic nitrogens is 2. The summed E-state index contributed by atoms with van der Waals surface area (Å²) >= 11 is 6.31. The third-order valence-electron chi connectivity index (χ3n) is 6.64. The summed E-state index contributed by atoms with van der Waals surface area (Å²) < 4.78 is 0. The summed E-state index contributed by atoms with van der Waals surface area (Å²) in [6, 6.07) is 8.11. The Morgan fingerprint density at radius 1 is 1.17 bits per heavy atom. The van der Waals surface area contributed by atoms with Gasteiger partial charge in [-0.25, -0.2) is 14.8 Å². The van der Waals surface area contributed by atoms with Gasteiger partial charge in [-0.1, -0.05) is 42.8 Å². The lowest BCUT2D eigenvalue weighted by Gasteiger charge is -2.34. The zero-order valence-electron chi connectivity index (χ0n) is 21.6. The van der Waals surface area contributed by atoms with E-state index in [0.717, 1.165) is 72.2 Å². The van der Waals surface area contributed by atoms with Crippen LogP contribution in [0.1, 0.15) is 25.6 Å². The van der Waals surface area contributed by atoms with Crippen molar-refractivity contribution in [1.29, 1.82) is 0 Å². The van der Waals surface area contributed by atoms with Crippen LogP contribution in [-0.4, -0.2) is 90.6 Å². The monoisotopic (exact) mass is 511 g/mol. The molecule has 1 aliphatic carbocycles. The summed E-state index contributed by atoms with van der Waals surface area (Å²) in [5.41, 5.74) is 1.96. The summed E-state index contributed by atoms with van der Waals surface area (Å²) in [5, 5.41) is 8.35. The summed E-state index contributed by atoms with van der Waals surface area (Å²) in [5.74, 6) is 2.15. The maximum atomic E-state index is 12.7. The van der Waals surface area contributed by atoms with Gasteiger partial charge in [0.2, 0.25) is 0 Å². The Hall–Kier alpha value is -2.68. The highest BCUT2D eigenvalue weighted by molar-refractivity contribution is 6.32. The number of hydrogen-bond acceptors (Lipinski definition) is 6. The highest BCUT2D eigenvalue weighted by atomic mass is 35.5. The number of anilines is 1. The van der Waals surface area contributed by atoms with E-state index in [0.29, 0.717) is 32.1 Å². The lowest BCUT2D eigenvalue weighted by Crippen LogP contribution is -2.51. The number of carbonyl (C=O) groups excluding carboxylic acids is 1. The second-order valence-corrected chi connectivity index (χ2v) is 10.4. The van der Waals surface area contributed by atoms with Crippen molar-refractivity contribution in [2.75, 3.05) is 65.2 Å². The molecule has 4 rings (SSSR count). The van der Waals surface area contributed by atoms with Crippen LogP contribution < -0.4 is 10.6 Å². The topological polar surface area (TPSA) is 76.6 Å². The molecule has 0 spiro atoms. The van der Waals surface area contributed by atoms with Crippen molar-refractivity contribution in [2.24, 2.45) is 5.92 Å². The van der Waals surface area contributed by atoms with Crippen molar-refractivity contribution in [1.82, 2.24) is 30.0 Å². The number of fused-ring (bicyclic) bond motifs is 1. The Kier molecular flexibility index (Phi) is 9.18. The number of benzene rings is 1. The van der Waals surface area contributed by atoms with Crippen LogP contribution >= 0.6 is 11.6 Å². The molecule has 1 aliphatic heterocycles. The SMILES string of the molecule is CC1C=C(CNC(=O)N2CCN(Cc3nc(NCCCN(C)C)c4ccccc4n3)CC2)C(Cl)=CC1. The Balaban J connectivity index is 1.30. The van der Waals surface area contributed by atoms with E-state index in [-0.39, 0.29) is 6.03 Å². The van der Waals surface area contributed by atoms with E-state index in [1.165, 1.54) is 0 Å². The van der Waals surface area contributed by atoms with Gasteiger partial charge >= 0.3 is 6.03 Å². The number of nitrogens with one attached hydrogen (secondary N) is 2. The van der Waals surface area contributed by atoms with E-state index in [1.807, 2.05) is 29.2 Å². The van der Waals surface area contributed by atoms with E-state index in [4.69, 9.17) is 21.6 Å². The number of amides is 2. The average Bonchev–Trinajstić information content (AvgIpc) is 2.87. The predicted molar refractivity (Wildman–Crippen MR) is 147 cm³/mol. The van der Waals surface area contributed by atoms with Gasteiger partial charge in [0.05, 0.1) is 12.1 Å². The molecule has 1 unspecified atom stereocenters. The van der Waals surface area contributed by atoms with Gasteiger partial charge in [-0.05, 0) is 57.1 Å². The number of rotatable bonds is 9. The van der Waals surface area contributed by atoms with Gasteiger partial charge in [0.1, 0.15) is 11.6 Å². The smallest absolute Gasteiger partial charge is 0.317 e. The Morgan fingerprint density at radius 2 is 1.94 bits per heavy atom. The standard InChI is InChI=1S/C27H38ClN7O/c1-20-9-10-23(28)21(17-20)18-30-27(36)35-15-13-34(14-16-35)19-25-31-24-8-5-4-7-22(24)26(32-25)29-11-6-12-33(2)3/h4-5,7-8,10,17,20H,6,9,11-16,18-19H2,1-3H3,(H,30,36)(H,29,31,32). The Morgan fingerprint density at radius 3 is 2.72 bits per heavy atom. The fraction of sp³-hybridized carbons (Fsp3) is 0.519. The molecule has 2 heterocycles. The van der Waals surface area contributed by atoms with Gasteiger partial charge in [0.25, 0.3) is 0 Å². The van der Waals surface area contributed by atoms with E-state index in [1.54, 1.807) is 0 Å². The number of nitrogens with zero attached hydrogens (tertiary/aromatic N) is 5. The van der Waals surface area contributed by atoms with Crippen LogP contribution in [0, 0.1) is 5.92 Å². The number of halogens is 1.